The molecule has 0 radical (unpaired) electrons. The summed E-state index contributed by atoms with van der Waals surface area (Å²) in [4.78, 5) is 21.1. The monoisotopic (exact) mass is 242 g/mol. The fourth-order valence-corrected chi connectivity index (χ4v) is 3.33. The number of amides is 2. The van der Waals surface area contributed by atoms with Gasteiger partial charge in [-0.05, 0) is 30.1 Å². The molecule has 1 aliphatic rings. The molecule has 1 aliphatic carbocycles. The SMILES string of the molecule is CC1(C)CC(NC(=O)O)CC(C)(CNC=O)C1. The summed E-state index contributed by atoms with van der Waals surface area (Å²) < 4.78 is 0. The molecule has 0 spiro atoms. The maximum absolute atomic E-state index is 10.7. The molecule has 3 N–H and O–H groups in total. The second-order valence-corrected chi connectivity index (χ2v) is 6.21. The lowest BCUT2D eigenvalue weighted by Crippen LogP contribution is -2.49. The molecule has 17 heavy (non-hydrogen) atoms. The van der Waals surface area contributed by atoms with E-state index in [4.69, 9.17) is 5.11 Å². The predicted octanol–water partition coefficient (Wildman–Crippen LogP) is 1.58. The van der Waals surface area contributed by atoms with E-state index < -0.39 is 6.09 Å². The minimum Gasteiger partial charge on any atom is -0.465 e. The molecule has 2 atom stereocenters. The van der Waals surface area contributed by atoms with E-state index in [1.165, 1.54) is 0 Å². The van der Waals surface area contributed by atoms with Crippen LogP contribution in [0.15, 0.2) is 0 Å². The Kier molecular flexibility index (Phi) is 4.01. The standard InChI is InChI=1S/C12H22N2O3/c1-11(2)4-9(14-10(16)17)5-12(3,6-11)7-13-8-15/h8-9,14H,4-7H2,1-3H3,(H,13,15)(H,16,17). The van der Waals surface area contributed by atoms with Gasteiger partial charge in [-0.1, -0.05) is 20.8 Å². The van der Waals surface area contributed by atoms with Crippen molar-refractivity contribution >= 4 is 12.5 Å². The Bertz CT molecular complexity index is 304. The van der Waals surface area contributed by atoms with Crippen LogP contribution in [0.2, 0.25) is 0 Å². The van der Waals surface area contributed by atoms with Gasteiger partial charge in [-0.15, -0.1) is 0 Å². The van der Waals surface area contributed by atoms with E-state index in [1.807, 2.05) is 0 Å². The minimum atomic E-state index is -0.974. The quantitative estimate of drug-likeness (QED) is 0.655. The topological polar surface area (TPSA) is 78.4 Å². The summed E-state index contributed by atoms with van der Waals surface area (Å²) in [7, 11) is 0. The lowest BCUT2D eigenvalue weighted by atomic mass is 9.62. The zero-order valence-electron chi connectivity index (χ0n) is 10.7. The summed E-state index contributed by atoms with van der Waals surface area (Å²) in [6, 6.07) is -0.0327. The Labute approximate surface area is 102 Å². The highest BCUT2D eigenvalue weighted by Gasteiger charge is 2.41. The Morgan fingerprint density at radius 1 is 1.41 bits per heavy atom. The fraction of sp³-hybridized carbons (Fsp3) is 0.833. The number of hydrogen-bond donors (Lipinski definition) is 3. The second kappa shape index (κ2) is 4.94. The normalized spacial score (nSPS) is 31.6. The number of hydrogen-bond acceptors (Lipinski definition) is 2. The molecule has 2 amide bonds. The van der Waals surface area contributed by atoms with Gasteiger partial charge in [0, 0.05) is 12.6 Å². The molecular formula is C12H22N2O3. The molecule has 1 saturated carbocycles. The first-order valence-corrected chi connectivity index (χ1v) is 5.93. The summed E-state index contributed by atoms with van der Waals surface area (Å²) in [6.45, 7) is 6.97. The number of carboxylic acid groups (broad SMARTS) is 1. The van der Waals surface area contributed by atoms with Crippen molar-refractivity contribution in [2.75, 3.05) is 6.54 Å². The van der Waals surface area contributed by atoms with E-state index in [9.17, 15) is 9.59 Å². The van der Waals surface area contributed by atoms with Crippen molar-refractivity contribution in [1.29, 1.82) is 0 Å². The van der Waals surface area contributed by atoms with Gasteiger partial charge in [0.1, 0.15) is 0 Å². The highest BCUT2D eigenvalue weighted by molar-refractivity contribution is 5.64. The van der Waals surface area contributed by atoms with E-state index >= 15 is 0 Å². The molecule has 1 fully saturated rings. The molecule has 0 bridgehead atoms. The van der Waals surface area contributed by atoms with Crippen LogP contribution in [0.5, 0.6) is 0 Å². The predicted molar refractivity (Wildman–Crippen MR) is 64.8 cm³/mol. The van der Waals surface area contributed by atoms with Crippen molar-refractivity contribution in [2.24, 2.45) is 10.8 Å². The van der Waals surface area contributed by atoms with Crippen molar-refractivity contribution in [3.8, 4) is 0 Å². The molecule has 0 aromatic heterocycles. The summed E-state index contributed by atoms with van der Waals surface area (Å²) >= 11 is 0. The van der Waals surface area contributed by atoms with Crippen molar-refractivity contribution in [3.63, 3.8) is 0 Å². The molecule has 1 rings (SSSR count). The molecule has 0 saturated heterocycles. The van der Waals surface area contributed by atoms with Crippen LogP contribution in [0, 0.1) is 10.8 Å². The van der Waals surface area contributed by atoms with Crippen LogP contribution in [-0.4, -0.2) is 30.2 Å². The summed E-state index contributed by atoms with van der Waals surface area (Å²) in [5.41, 5.74) is 0.0421. The second-order valence-electron chi connectivity index (χ2n) is 6.21. The Morgan fingerprint density at radius 2 is 2.06 bits per heavy atom. The molecule has 0 aromatic carbocycles. The highest BCUT2D eigenvalue weighted by atomic mass is 16.4. The molecule has 2 unspecified atom stereocenters. The van der Waals surface area contributed by atoms with Gasteiger partial charge in [-0.2, -0.15) is 0 Å². The first kappa shape index (κ1) is 13.8. The van der Waals surface area contributed by atoms with Crippen molar-refractivity contribution in [3.05, 3.63) is 0 Å². The van der Waals surface area contributed by atoms with Gasteiger partial charge in [-0.25, -0.2) is 4.79 Å². The van der Waals surface area contributed by atoms with Crippen LogP contribution in [0.3, 0.4) is 0 Å². The van der Waals surface area contributed by atoms with E-state index in [0.29, 0.717) is 13.0 Å². The molecule has 5 heteroatoms. The number of rotatable bonds is 4. The molecule has 0 aliphatic heterocycles. The Morgan fingerprint density at radius 3 is 2.59 bits per heavy atom. The summed E-state index contributed by atoms with van der Waals surface area (Å²) in [5, 5.41) is 14.1. The van der Waals surface area contributed by atoms with E-state index in [2.05, 4.69) is 31.4 Å². The van der Waals surface area contributed by atoms with Crippen molar-refractivity contribution in [2.45, 2.75) is 46.1 Å². The highest BCUT2D eigenvalue weighted by Crippen LogP contribution is 2.45. The van der Waals surface area contributed by atoms with Crippen LogP contribution < -0.4 is 10.6 Å². The smallest absolute Gasteiger partial charge is 0.404 e. The average molecular weight is 242 g/mol. The van der Waals surface area contributed by atoms with Gasteiger partial charge in [0.15, 0.2) is 0 Å². The average Bonchev–Trinajstić information content (AvgIpc) is 2.10. The maximum Gasteiger partial charge on any atom is 0.404 e. The minimum absolute atomic E-state index is 0.0327. The van der Waals surface area contributed by atoms with Crippen LogP contribution in [0.4, 0.5) is 4.79 Å². The van der Waals surface area contributed by atoms with Gasteiger partial charge >= 0.3 is 6.09 Å². The summed E-state index contributed by atoms with van der Waals surface area (Å²) in [6.07, 6.45) is 2.32. The van der Waals surface area contributed by atoms with Crippen LogP contribution >= 0.6 is 0 Å². The lowest BCUT2D eigenvalue weighted by Gasteiger charge is -2.46. The van der Waals surface area contributed by atoms with Gasteiger partial charge in [-0.3, -0.25) is 4.79 Å². The van der Waals surface area contributed by atoms with E-state index in [-0.39, 0.29) is 16.9 Å². The van der Waals surface area contributed by atoms with Gasteiger partial charge in [0.2, 0.25) is 6.41 Å². The zero-order chi connectivity index (χ0) is 13.1. The van der Waals surface area contributed by atoms with Crippen molar-refractivity contribution < 1.29 is 14.7 Å². The summed E-state index contributed by atoms with van der Waals surface area (Å²) in [5.74, 6) is 0. The van der Waals surface area contributed by atoms with Gasteiger partial charge in [0.25, 0.3) is 0 Å². The third-order valence-electron chi connectivity index (χ3n) is 3.38. The molecule has 98 valence electrons. The Balaban J connectivity index is 2.72. The maximum atomic E-state index is 10.7. The van der Waals surface area contributed by atoms with Crippen molar-refractivity contribution in [1.82, 2.24) is 10.6 Å². The number of carbonyl (C=O) groups is 2. The first-order valence-electron chi connectivity index (χ1n) is 5.93. The Hall–Kier alpha value is -1.26. The van der Waals surface area contributed by atoms with Gasteiger partial charge < -0.3 is 15.7 Å². The molecule has 0 heterocycles. The first-order chi connectivity index (χ1) is 7.76. The lowest BCUT2D eigenvalue weighted by molar-refractivity contribution is -0.110. The van der Waals surface area contributed by atoms with Crippen LogP contribution in [-0.2, 0) is 4.79 Å². The van der Waals surface area contributed by atoms with E-state index in [1.54, 1.807) is 0 Å². The van der Waals surface area contributed by atoms with Gasteiger partial charge in [0.05, 0.1) is 0 Å². The largest absolute Gasteiger partial charge is 0.465 e. The van der Waals surface area contributed by atoms with Crippen LogP contribution in [0.1, 0.15) is 40.0 Å². The molecule has 0 aromatic rings. The zero-order valence-corrected chi connectivity index (χ0v) is 10.7. The van der Waals surface area contributed by atoms with E-state index in [0.717, 1.165) is 19.3 Å². The molecular weight excluding hydrogens is 220 g/mol. The third kappa shape index (κ3) is 4.24. The van der Waals surface area contributed by atoms with Crippen LogP contribution in [0.25, 0.3) is 0 Å². The third-order valence-corrected chi connectivity index (χ3v) is 3.38. The number of nitrogens with one attached hydrogen (secondary N) is 2. The number of carbonyl (C=O) groups excluding carboxylic acids is 1. The molecule has 5 nitrogen and oxygen atoms in total. The fourth-order valence-electron chi connectivity index (χ4n) is 3.33.